The summed E-state index contributed by atoms with van der Waals surface area (Å²) in [5.74, 6) is 1.01. The smallest absolute Gasteiger partial charge is 0.274 e. The molecule has 0 bridgehead atoms. The molecule has 0 unspecified atom stereocenters. The molecule has 170 valence electrons. The predicted octanol–water partition coefficient (Wildman–Crippen LogP) is 2.91. The molecule has 3 aromatic rings. The first kappa shape index (κ1) is 22.3. The summed E-state index contributed by atoms with van der Waals surface area (Å²) >= 11 is 0. The maximum Gasteiger partial charge on any atom is 0.274 e. The Bertz CT molecular complexity index is 1100. The number of aryl methyl sites for hydroxylation is 1. The summed E-state index contributed by atoms with van der Waals surface area (Å²) in [7, 11) is 0. The molecule has 0 atom stereocenters. The quantitative estimate of drug-likeness (QED) is 0.543. The molecular weight excluding hydrogens is 420 g/mol. The number of fused-ring (bicyclic) bond motifs is 1. The van der Waals surface area contributed by atoms with Crippen LogP contribution >= 0.6 is 0 Å². The van der Waals surface area contributed by atoms with Crippen LogP contribution in [0.5, 0.6) is 11.5 Å². The average molecular weight is 447 g/mol. The van der Waals surface area contributed by atoms with Gasteiger partial charge in [0, 0.05) is 32.3 Å². The van der Waals surface area contributed by atoms with Crippen molar-refractivity contribution >= 4 is 11.8 Å². The minimum Gasteiger partial charge on any atom is -0.454 e. The molecule has 0 radical (unpaired) electrons. The van der Waals surface area contributed by atoms with Crippen molar-refractivity contribution in [3.05, 3.63) is 83.4 Å². The first-order chi connectivity index (χ1) is 16.1. The lowest BCUT2D eigenvalue weighted by Crippen LogP contribution is -2.37. The number of carbonyl (C=O) groups excluding carboxylic acids is 2. The maximum atomic E-state index is 13.0. The van der Waals surface area contributed by atoms with Gasteiger partial charge in [-0.3, -0.25) is 14.6 Å². The normalized spacial score (nSPS) is 11.8. The first-order valence-electron chi connectivity index (χ1n) is 10.9. The summed E-state index contributed by atoms with van der Waals surface area (Å²) in [6.07, 6.45) is 3.92. The number of carbonyl (C=O) groups is 2. The highest BCUT2D eigenvalue weighted by Gasteiger charge is 2.19. The van der Waals surface area contributed by atoms with Crippen molar-refractivity contribution < 1.29 is 19.1 Å². The zero-order chi connectivity index (χ0) is 23.0. The third-order valence-electron chi connectivity index (χ3n) is 5.34. The number of ether oxygens (including phenoxy) is 2. The number of nitrogens with zero attached hydrogens (tertiary/aromatic N) is 3. The molecule has 0 saturated heterocycles. The highest BCUT2D eigenvalue weighted by Crippen LogP contribution is 2.32. The van der Waals surface area contributed by atoms with Crippen molar-refractivity contribution in [2.75, 3.05) is 19.9 Å². The lowest BCUT2D eigenvalue weighted by atomic mass is 10.1. The van der Waals surface area contributed by atoms with E-state index in [1.54, 1.807) is 11.1 Å². The average Bonchev–Trinajstić information content (AvgIpc) is 3.31. The topological polar surface area (TPSA) is 93.7 Å². The maximum absolute atomic E-state index is 13.0. The van der Waals surface area contributed by atoms with Crippen LogP contribution < -0.4 is 14.8 Å². The van der Waals surface area contributed by atoms with Crippen molar-refractivity contribution in [2.24, 2.45) is 0 Å². The van der Waals surface area contributed by atoms with Crippen molar-refractivity contribution in [3.8, 4) is 11.5 Å². The molecule has 8 heteroatoms. The monoisotopic (exact) mass is 446 g/mol. The minimum atomic E-state index is -0.234. The summed E-state index contributed by atoms with van der Waals surface area (Å²) in [6.45, 7) is 3.17. The van der Waals surface area contributed by atoms with Gasteiger partial charge in [0.25, 0.3) is 5.91 Å². The highest BCUT2D eigenvalue weighted by molar-refractivity contribution is 5.92. The molecule has 0 spiro atoms. The molecule has 2 heterocycles. The Labute approximate surface area is 192 Å². The number of aromatic nitrogens is 2. The lowest BCUT2D eigenvalue weighted by Gasteiger charge is -2.22. The van der Waals surface area contributed by atoms with E-state index in [1.165, 1.54) is 6.20 Å². The van der Waals surface area contributed by atoms with Crippen molar-refractivity contribution in [3.63, 3.8) is 0 Å². The van der Waals surface area contributed by atoms with Crippen LogP contribution in [0.1, 0.15) is 33.7 Å². The summed E-state index contributed by atoms with van der Waals surface area (Å²) in [5, 5.41) is 2.90. The summed E-state index contributed by atoms with van der Waals surface area (Å²) in [6, 6.07) is 15.5. The second kappa shape index (κ2) is 10.6. The Morgan fingerprint density at radius 3 is 2.58 bits per heavy atom. The van der Waals surface area contributed by atoms with E-state index < -0.39 is 0 Å². The van der Waals surface area contributed by atoms with Crippen LogP contribution in [0, 0.1) is 6.92 Å². The zero-order valence-electron chi connectivity index (χ0n) is 18.5. The Balaban J connectivity index is 1.34. The molecular formula is C25H26N4O4. The minimum absolute atomic E-state index is 0.139. The molecule has 1 N–H and O–H groups in total. The fourth-order valence-corrected chi connectivity index (χ4v) is 3.47. The zero-order valence-corrected chi connectivity index (χ0v) is 18.5. The van der Waals surface area contributed by atoms with E-state index >= 15 is 0 Å². The van der Waals surface area contributed by atoms with Gasteiger partial charge in [-0.25, -0.2) is 4.98 Å². The van der Waals surface area contributed by atoms with E-state index in [2.05, 4.69) is 15.3 Å². The lowest BCUT2D eigenvalue weighted by molar-refractivity contribution is -0.121. The summed E-state index contributed by atoms with van der Waals surface area (Å²) in [5.41, 5.74) is 3.05. The third kappa shape index (κ3) is 6.06. The number of nitrogens with one attached hydrogen (secondary N) is 1. The van der Waals surface area contributed by atoms with Crippen molar-refractivity contribution in [1.82, 2.24) is 20.2 Å². The van der Waals surface area contributed by atoms with E-state index in [4.69, 9.17) is 9.47 Å². The molecule has 1 aliphatic heterocycles. The Morgan fingerprint density at radius 2 is 1.79 bits per heavy atom. The predicted molar refractivity (Wildman–Crippen MR) is 122 cm³/mol. The Morgan fingerprint density at radius 1 is 0.970 bits per heavy atom. The molecule has 0 saturated carbocycles. The van der Waals surface area contributed by atoms with Gasteiger partial charge in [0.1, 0.15) is 5.69 Å². The fourth-order valence-electron chi connectivity index (χ4n) is 3.47. The van der Waals surface area contributed by atoms with E-state index in [1.807, 2.05) is 55.5 Å². The van der Waals surface area contributed by atoms with Gasteiger partial charge >= 0.3 is 0 Å². The van der Waals surface area contributed by atoms with Gasteiger partial charge in [0.2, 0.25) is 12.7 Å². The van der Waals surface area contributed by atoms with Gasteiger partial charge in [-0.2, -0.15) is 0 Å². The van der Waals surface area contributed by atoms with Crippen molar-refractivity contribution in [2.45, 2.75) is 26.3 Å². The van der Waals surface area contributed by atoms with Gasteiger partial charge in [0.15, 0.2) is 11.5 Å². The van der Waals surface area contributed by atoms with Gasteiger partial charge in [-0.15, -0.1) is 0 Å². The number of benzene rings is 2. The second-order valence-corrected chi connectivity index (χ2v) is 7.79. The van der Waals surface area contributed by atoms with E-state index in [0.29, 0.717) is 31.0 Å². The number of rotatable bonds is 9. The Kier molecular flexibility index (Phi) is 7.14. The fraction of sp³-hybridized carbons (Fsp3) is 0.280. The number of amides is 2. The van der Waals surface area contributed by atoms with Crippen LogP contribution in [0.3, 0.4) is 0 Å². The van der Waals surface area contributed by atoms with Crippen LogP contribution in [0.15, 0.2) is 60.9 Å². The molecule has 4 rings (SSSR count). The van der Waals surface area contributed by atoms with Crippen LogP contribution in [-0.4, -0.2) is 46.6 Å². The van der Waals surface area contributed by atoms with Gasteiger partial charge in [0.05, 0.1) is 11.9 Å². The van der Waals surface area contributed by atoms with Gasteiger partial charge < -0.3 is 19.7 Å². The molecule has 0 fully saturated rings. The van der Waals surface area contributed by atoms with Crippen LogP contribution in [0.4, 0.5) is 0 Å². The molecule has 2 amide bonds. The number of hydrogen-bond acceptors (Lipinski definition) is 6. The van der Waals surface area contributed by atoms with E-state index in [9.17, 15) is 9.59 Å². The van der Waals surface area contributed by atoms with E-state index in [-0.39, 0.29) is 37.3 Å². The van der Waals surface area contributed by atoms with Crippen molar-refractivity contribution in [1.29, 1.82) is 0 Å². The molecule has 1 aromatic heterocycles. The molecule has 0 aliphatic carbocycles. The first-order valence-corrected chi connectivity index (χ1v) is 10.9. The second-order valence-electron chi connectivity index (χ2n) is 7.79. The third-order valence-corrected chi connectivity index (χ3v) is 5.34. The van der Waals surface area contributed by atoms with E-state index in [0.717, 1.165) is 16.8 Å². The molecule has 2 aromatic carbocycles. The highest BCUT2D eigenvalue weighted by atomic mass is 16.7. The largest absolute Gasteiger partial charge is 0.454 e. The molecule has 33 heavy (non-hydrogen) atoms. The standard InChI is InChI=1S/C25H26N4O4/c1-18-14-27-21(16-26-18)25(31)29(11-9-19-5-3-2-4-6-19)12-10-24(30)28-15-20-7-8-22-23(13-20)33-17-32-22/h2-8,13-14,16H,9-12,15,17H2,1H3,(H,28,30). The molecule has 8 nitrogen and oxygen atoms in total. The number of hydrogen-bond donors (Lipinski definition) is 1. The SMILES string of the molecule is Cc1cnc(C(=O)N(CCC(=O)NCc2ccc3c(c2)OCO3)CCc2ccccc2)cn1. The van der Waals surface area contributed by atoms with Crippen LogP contribution in [0.2, 0.25) is 0 Å². The molecule has 1 aliphatic rings. The van der Waals surface area contributed by atoms with Crippen LogP contribution in [0.25, 0.3) is 0 Å². The van der Waals surface area contributed by atoms with Crippen LogP contribution in [-0.2, 0) is 17.8 Å². The van der Waals surface area contributed by atoms with Gasteiger partial charge in [-0.1, -0.05) is 36.4 Å². The summed E-state index contributed by atoms with van der Waals surface area (Å²) in [4.78, 5) is 35.6. The Hall–Kier alpha value is -3.94. The summed E-state index contributed by atoms with van der Waals surface area (Å²) < 4.78 is 10.7. The van der Waals surface area contributed by atoms with Gasteiger partial charge in [-0.05, 0) is 36.6 Å².